The lowest BCUT2D eigenvalue weighted by molar-refractivity contribution is 0.242. The monoisotopic (exact) mass is 466 g/mol. The van der Waals surface area contributed by atoms with Crippen LogP contribution in [0.2, 0.25) is 0 Å². The van der Waals surface area contributed by atoms with Gasteiger partial charge in [-0.2, -0.15) is 0 Å². The molecule has 0 unspecified atom stereocenters. The van der Waals surface area contributed by atoms with Crippen molar-refractivity contribution >= 4 is 21.7 Å². The number of nitrogens with zero attached hydrogens (tertiary/aromatic N) is 3. The lowest BCUT2D eigenvalue weighted by Gasteiger charge is -2.36. The quantitative estimate of drug-likeness (QED) is 0.492. The van der Waals surface area contributed by atoms with Crippen LogP contribution in [0.15, 0.2) is 53.0 Å². The highest BCUT2D eigenvalue weighted by Gasteiger charge is 2.23. The predicted molar refractivity (Wildman–Crippen MR) is 127 cm³/mol. The smallest absolute Gasteiger partial charge is 0.123 e. The van der Waals surface area contributed by atoms with Gasteiger partial charge in [-0.15, -0.1) is 0 Å². The van der Waals surface area contributed by atoms with Crippen molar-refractivity contribution in [1.82, 2.24) is 9.47 Å². The predicted octanol–water partition coefficient (Wildman–Crippen LogP) is 5.28. The van der Waals surface area contributed by atoms with Gasteiger partial charge in [0.2, 0.25) is 0 Å². The Hall–Kier alpha value is -2.24. The highest BCUT2D eigenvalue weighted by molar-refractivity contribution is 9.10. The molecule has 0 saturated carbocycles. The molecular weight excluding hydrogens is 438 g/mol. The minimum absolute atomic E-state index is 0.690. The number of ether oxygens (including phenoxy) is 1. The molecule has 30 heavy (non-hydrogen) atoms. The Balaban J connectivity index is 1.46. The second-order valence-electron chi connectivity index (χ2n) is 7.81. The lowest BCUT2D eigenvalue weighted by atomic mass is 10.1. The molecule has 4 nitrogen and oxygen atoms in total. The molecule has 1 aromatic heterocycles. The Kier molecular flexibility index (Phi) is 6.49. The summed E-state index contributed by atoms with van der Waals surface area (Å²) in [7, 11) is 2.11. The first-order chi connectivity index (χ1) is 14.6. The number of halogens is 1. The summed E-state index contributed by atoms with van der Waals surface area (Å²) in [4.78, 5) is 5.01. The Morgan fingerprint density at radius 2 is 1.77 bits per heavy atom. The second-order valence-corrected chi connectivity index (χ2v) is 8.72. The van der Waals surface area contributed by atoms with Crippen LogP contribution in [0.3, 0.4) is 0 Å². The van der Waals surface area contributed by atoms with Gasteiger partial charge in [0, 0.05) is 55.4 Å². The van der Waals surface area contributed by atoms with Gasteiger partial charge in [-0.3, -0.25) is 4.90 Å². The van der Waals surface area contributed by atoms with Crippen LogP contribution < -0.4 is 9.64 Å². The molecule has 2 aromatic carbocycles. The summed E-state index contributed by atoms with van der Waals surface area (Å²) in [6.45, 7) is 9.94. The van der Waals surface area contributed by atoms with Crippen molar-refractivity contribution < 1.29 is 4.74 Å². The van der Waals surface area contributed by atoms with E-state index in [0.717, 1.165) is 42.9 Å². The van der Waals surface area contributed by atoms with Gasteiger partial charge >= 0.3 is 0 Å². The van der Waals surface area contributed by atoms with Crippen molar-refractivity contribution in [3.05, 3.63) is 70.3 Å². The molecule has 1 aliphatic heterocycles. The van der Waals surface area contributed by atoms with E-state index in [4.69, 9.17) is 4.74 Å². The zero-order valence-corrected chi connectivity index (χ0v) is 19.6. The van der Waals surface area contributed by atoms with Gasteiger partial charge in [0.15, 0.2) is 0 Å². The Labute approximate surface area is 188 Å². The van der Waals surface area contributed by atoms with Crippen molar-refractivity contribution in [2.45, 2.75) is 20.4 Å². The van der Waals surface area contributed by atoms with Gasteiger partial charge in [-0.25, -0.2) is 0 Å². The minimum atomic E-state index is 0.690. The third-order valence-corrected chi connectivity index (χ3v) is 6.25. The SMILES string of the molecule is CCOc1ccc(Br)cc1CN1CCN(c2c(C)c(-c3ccccc3)[c]n2C)CC1. The van der Waals surface area contributed by atoms with Gasteiger partial charge in [-0.1, -0.05) is 46.3 Å². The van der Waals surface area contributed by atoms with E-state index in [1.165, 1.54) is 28.1 Å². The first-order valence-electron chi connectivity index (χ1n) is 10.6. The molecule has 1 aliphatic rings. The molecule has 5 heteroatoms. The maximum Gasteiger partial charge on any atom is 0.123 e. The summed E-state index contributed by atoms with van der Waals surface area (Å²) < 4.78 is 9.10. The van der Waals surface area contributed by atoms with Gasteiger partial charge in [-0.05, 0) is 43.2 Å². The van der Waals surface area contributed by atoms with E-state index in [2.05, 4.69) is 92.9 Å². The van der Waals surface area contributed by atoms with E-state index >= 15 is 0 Å². The topological polar surface area (TPSA) is 20.6 Å². The highest BCUT2D eigenvalue weighted by atomic mass is 79.9. The van der Waals surface area contributed by atoms with E-state index in [1.54, 1.807) is 0 Å². The van der Waals surface area contributed by atoms with Crippen LogP contribution in [-0.2, 0) is 13.6 Å². The minimum Gasteiger partial charge on any atom is -0.494 e. The number of anilines is 1. The first-order valence-corrected chi connectivity index (χ1v) is 11.4. The highest BCUT2D eigenvalue weighted by Crippen LogP contribution is 2.33. The Morgan fingerprint density at radius 1 is 1.03 bits per heavy atom. The van der Waals surface area contributed by atoms with Gasteiger partial charge in [0.1, 0.15) is 11.6 Å². The summed E-state index contributed by atoms with van der Waals surface area (Å²) in [6, 6.07) is 16.9. The summed E-state index contributed by atoms with van der Waals surface area (Å²) in [5.74, 6) is 2.27. The van der Waals surface area contributed by atoms with E-state index in [0.29, 0.717) is 6.61 Å². The molecule has 0 bridgehead atoms. The number of hydrogen-bond donors (Lipinski definition) is 0. The van der Waals surface area contributed by atoms with Gasteiger partial charge in [0.25, 0.3) is 0 Å². The molecule has 0 aliphatic carbocycles. The van der Waals surface area contributed by atoms with Crippen LogP contribution >= 0.6 is 15.9 Å². The van der Waals surface area contributed by atoms with Gasteiger partial charge in [0.05, 0.1) is 12.8 Å². The van der Waals surface area contributed by atoms with Crippen molar-refractivity contribution in [3.63, 3.8) is 0 Å². The Bertz CT molecular complexity index is 991. The fourth-order valence-corrected chi connectivity index (χ4v) is 4.74. The lowest BCUT2D eigenvalue weighted by Crippen LogP contribution is -2.46. The molecule has 1 radical (unpaired) electrons. The fourth-order valence-electron chi connectivity index (χ4n) is 4.33. The summed E-state index contributed by atoms with van der Waals surface area (Å²) >= 11 is 3.60. The zero-order chi connectivity index (χ0) is 21.1. The molecule has 2 heterocycles. The number of hydrogen-bond acceptors (Lipinski definition) is 3. The molecule has 157 valence electrons. The number of piperazine rings is 1. The molecule has 0 atom stereocenters. The van der Waals surface area contributed by atoms with Crippen LogP contribution in [0.25, 0.3) is 11.1 Å². The summed E-state index contributed by atoms with van der Waals surface area (Å²) in [5.41, 5.74) is 4.98. The first kappa shape index (κ1) is 21.0. The molecule has 1 fully saturated rings. The third kappa shape index (κ3) is 4.42. The van der Waals surface area contributed by atoms with Crippen LogP contribution in [0.4, 0.5) is 5.82 Å². The third-order valence-electron chi connectivity index (χ3n) is 5.76. The van der Waals surface area contributed by atoms with Crippen LogP contribution in [0.1, 0.15) is 18.1 Å². The summed E-state index contributed by atoms with van der Waals surface area (Å²) in [5, 5.41) is 0. The maximum atomic E-state index is 5.83. The van der Waals surface area contributed by atoms with E-state index in [1.807, 2.05) is 13.0 Å². The average molecular weight is 467 g/mol. The van der Waals surface area contributed by atoms with E-state index in [9.17, 15) is 0 Å². The maximum absolute atomic E-state index is 5.83. The molecule has 0 N–H and O–H groups in total. The van der Waals surface area contributed by atoms with Gasteiger partial charge < -0.3 is 14.2 Å². The largest absolute Gasteiger partial charge is 0.494 e. The number of aromatic nitrogens is 1. The molecule has 0 spiro atoms. The molecule has 0 amide bonds. The normalized spacial score (nSPS) is 14.9. The van der Waals surface area contributed by atoms with Crippen LogP contribution in [-0.4, -0.2) is 42.3 Å². The zero-order valence-electron chi connectivity index (χ0n) is 18.0. The van der Waals surface area contributed by atoms with Crippen molar-refractivity contribution in [1.29, 1.82) is 0 Å². The van der Waals surface area contributed by atoms with Crippen LogP contribution in [0.5, 0.6) is 5.75 Å². The van der Waals surface area contributed by atoms with E-state index in [-0.39, 0.29) is 0 Å². The number of benzene rings is 2. The number of rotatable bonds is 6. The fraction of sp³-hybridized carbons (Fsp3) is 0.360. The molecule has 3 aromatic rings. The van der Waals surface area contributed by atoms with Crippen molar-refractivity contribution in [3.8, 4) is 16.9 Å². The number of aryl methyl sites for hydroxylation is 1. The molecular formula is C25H29BrN3O. The molecule has 1 saturated heterocycles. The summed E-state index contributed by atoms with van der Waals surface area (Å²) in [6.07, 6.45) is 3.54. The van der Waals surface area contributed by atoms with Crippen molar-refractivity contribution in [2.75, 3.05) is 37.7 Å². The second kappa shape index (κ2) is 9.27. The van der Waals surface area contributed by atoms with E-state index < -0.39 is 0 Å². The standard InChI is InChI=1S/C25H29BrN3O/c1-4-30-24-11-10-22(26)16-21(24)17-28-12-14-29(15-13-28)25-19(2)23(18-27(25)3)20-8-6-5-7-9-20/h5-11,16H,4,12-15,17H2,1-3H3. The average Bonchev–Trinajstić information content (AvgIpc) is 3.05. The van der Waals surface area contributed by atoms with Crippen LogP contribution in [0, 0.1) is 13.1 Å². The molecule has 4 rings (SSSR count). The van der Waals surface area contributed by atoms with Crippen molar-refractivity contribution in [2.24, 2.45) is 7.05 Å². The Morgan fingerprint density at radius 3 is 2.47 bits per heavy atom.